The minimum atomic E-state index is 0.162. The summed E-state index contributed by atoms with van der Waals surface area (Å²) in [5.74, 6) is 1.51. The smallest absolute Gasteiger partial charge is 0.158 e. The van der Waals surface area contributed by atoms with Crippen LogP contribution in [0.3, 0.4) is 0 Å². The maximum atomic E-state index is 13.0. The van der Waals surface area contributed by atoms with E-state index in [1.807, 2.05) is 12.4 Å². The minimum absolute atomic E-state index is 0.162. The van der Waals surface area contributed by atoms with Gasteiger partial charge in [-0.3, -0.25) is 9.79 Å². The van der Waals surface area contributed by atoms with Crippen LogP contribution in [0.2, 0.25) is 0 Å². The molecular weight excluding hydrogens is 526 g/mol. The molecule has 4 heteroatoms. The number of carbonyl (C=O) groups is 1. The number of nitrogens with zero attached hydrogens (tertiary/aromatic N) is 3. The van der Waals surface area contributed by atoms with Gasteiger partial charge in [-0.1, -0.05) is 61.4 Å². The van der Waals surface area contributed by atoms with E-state index >= 15 is 0 Å². The van der Waals surface area contributed by atoms with Gasteiger partial charge < -0.3 is 4.90 Å². The van der Waals surface area contributed by atoms with Gasteiger partial charge in [-0.15, -0.1) is 0 Å². The lowest BCUT2D eigenvalue weighted by Gasteiger charge is -2.32. The average Bonchev–Trinajstić information content (AvgIpc) is 3.21. The van der Waals surface area contributed by atoms with Crippen LogP contribution in [0.4, 0.5) is 0 Å². The van der Waals surface area contributed by atoms with Gasteiger partial charge >= 0.3 is 0 Å². The molecule has 1 fully saturated rings. The lowest BCUT2D eigenvalue weighted by Crippen LogP contribution is -2.29. The molecule has 1 atom stereocenters. The molecule has 0 amide bonds. The second-order valence-corrected chi connectivity index (χ2v) is 13.0. The van der Waals surface area contributed by atoms with Crippen molar-refractivity contribution in [3.8, 4) is 6.07 Å². The van der Waals surface area contributed by atoms with Gasteiger partial charge in [-0.25, -0.2) is 0 Å². The highest BCUT2D eigenvalue weighted by molar-refractivity contribution is 5.95. The largest absolute Gasteiger partial charge is 0.371 e. The highest BCUT2D eigenvalue weighted by atomic mass is 16.1. The summed E-state index contributed by atoms with van der Waals surface area (Å²) in [7, 11) is 0. The molecule has 0 aromatic heterocycles. The molecule has 43 heavy (non-hydrogen) atoms. The summed E-state index contributed by atoms with van der Waals surface area (Å²) in [6.07, 6.45) is 27.7. The van der Waals surface area contributed by atoms with Crippen LogP contribution in [0.5, 0.6) is 0 Å². The summed E-state index contributed by atoms with van der Waals surface area (Å²) in [4.78, 5) is 20.0. The number of ketones is 1. The molecule has 5 aliphatic rings. The molecule has 0 spiro atoms. The number of allylic oxidation sites excluding steroid dienone is 8. The molecule has 0 radical (unpaired) electrons. The van der Waals surface area contributed by atoms with E-state index in [1.54, 1.807) is 5.57 Å². The third-order valence-corrected chi connectivity index (χ3v) is 10.1. The zero-order valence-corrected chi connectivity index (χ0v) is 25.7. The Morgan fingerprint density at radius 1 is 1.09 bits per heavy atom. The van der Waals surface area contributed by atoms with Crippen LogP contribution < -0.4 is 0 Å². The Balaban J connectivity index is 1.12. The first kappa shape index (κ1) is 29.4. The van der Waals surface area contributed by atoms with E-state index < -0.39 is 0 Å². The number of hydrogen-bond donors (Lipinski definition) is 0. The molecule has 0 saturated heterocycles. The van der Waals surface area contributed by atoms with Crippen molar-refractivity contribution in [3.05, 3.63) is 100.0 Å². The van der Waals surface area contributed by atoms with E-state index in [9.17, 15) is 4.79 Å². The van der Waals surface area contributed by atoms with Crippen LogP contribution in [-0.2, 0) is 4.79 Å². The molecule has 1 aromatic rings. The highest BCUT2D eigenvalue weighted by Gasteiger charge is 2.31. The maximum Gasteiger partial charge on any atom is 0.158 e. The molecule has 0 N–H and O–H groups in total. The summed E-state index contributed by atoms with van der Waals surface area (Å²) in [6.45, 7) is 4.10. The average molecular weight is 572 g/mol. The van der Waals surface area contributed by atoms with Gasteiger partial charge in [-0.05, 0) is 116 Å². The van der Waals surface area contributed by atoms with Crippen LogP contribution in [0.1, 0.15) is 101 Å². The number of carbonyl (C=O) groups excluding carboxylic acids is 1. The van der Waals surface area contributed by atoms with Crippen molar-refractivity contribution in [1.82, 2.24) is 4.90 Å². The molecule has 6 rings (SSSR count). The molecule has 3 aliphatic carbocycles. The number of fused-ring (bicyclic) bond motifs is 1. The topological polar surface area (TPSA) is 56.5 Å². The Hall–Kier alpha value is -3.71. The van der Waals surface area contributed by atoms with E-state index in [2.05, 4.69) is 77.5 Å². The lowest BCUT2D eigenvalue weighted by atomic mass is 9.72. The summed E-state index contributed by atoms with van der Waals surface area (Å²) < 4.78 is 0. The van der Waals surface area contributed by atoms with Crippen molar-refractivity contribution in [2.24, 2.45) is 16.8 Å². The predicted octanol–water partition coefficient (Wildman–Crippen LogP) is 9.17. The van der Waals surface area contributed by atoms with Gasteiger partial charge in [0, 0.05) is 49.1 Å². The normalized spacial score (nSPS) is 26.8. The standard InChI is InChI=1S/C39H45N3O/c1-2-5-28-8-10-31(11-9-28)32-12-14-33(15-13-32)35-16-17-36-27-41-19-18-38(37(36)25-35)42-20-3-6-34(7-4-21-42)39(43)24-29-22-30(23-29)26-40/h6,8,12-16,18-19,25,27,29-31H,2-5,7,9-11,17,20-24H2,1H3/b34-6-/t29?,30?,31-/m0/s1. The zero-order chi connectivity index (χ0) is 29.6. The van der Waals surface area contributed by atoms with E-state index in [-0.39, 0.29) is 5.92 Å². The molecule has 0 unspecified atom stereocenters. The van der Waals surface area contributed by atoms with Crippen molar-refractivity contribution in [1.29, 1.82) is 5.26 Å². The number of hydrogen-bond acceptors (Lipinski definition) is 4. The Bertz CT molecular complexity index is 1470. The first-order valence-electron chi connectivity index (χ1n) is 16.6. The molecule has 0 bridgehead atoms. The first-order valence-corrected chi connectivity index (χ1v) is 16.6. The predicted molar refractivity (Wildman–Crippen MR) is 176 cm³/mol. The fourth-order valence-electron chi connectivity index (χ4n) is 7.46. The number of aliphatic imine (C=N–C) groups is 1. The Labute approximate surface area is 258 Å². The van der Waals surface area contributed by atoms with Crippen molar-refractivity contribution < 1.29 is 4.79 Å². The van der Waals surface area contributed by atoms with Gasteiger partial charge in [0.2, 0.25) is 0 Å². The van der Waals surface area contributed by atoms with Crippen molar-refractivity contribution in [3.63, 3.8) is 0 Å². The summed E-state index contributed by atoms with van der Waals surface area (Å²) in [6, 6.07) is 11.7. The van der Waals surface area contributed by atoms with Gasteiger partial charge in [0.1, 0.15) is 0 Å². The summed E-state index contributed by atoms with van der Waals surface area (Å²) in [5.41, 5.74) is 10.5. The van der Waals surface area contributed by atoms with Gasteiger partial charge in [-0.2, -0.15) is 5.26 Å². The van der Waals surface area contributed by atoms with Crippen molar-refractivity contribution >= 4 is 17.6 Å². The monoisotopic (exact) mass is 571 g/mol. The molecule has 1 saturated carbocycles. The third kappa shape index (κ3) is 6.93. The van der Waals surface area contributed by atoms with Crippen LogP contribution in [0.15, 0.2) is 93.8 Å². The van der Waals surface area contributed by atoms with Crippen LogP contribution in [-0.4, -0.2) is 30.0 Å². The van der Waals surface area contributed by atoms with Gasteiger partial charge in [0.15, 0.2) is 5.78 Å². The second-order valence-electron chi connectivity index (χ2n) is 13.0. The van der Waals surface area contributed by atoms with E-state index in [0.717, 1.165) is 57.2 Å². The van der Waals surface area contributed by atoms with E-state index in [0.29, 0.717) is 24.0 Å². The molecule has 1 aromatic carbocycles. The third-order valence-electron chi connectivity index (χ3n) is 10.1. The Morgan fingerprint density at radius 2 is 1.95 bits per heavy atom. The number of Topliss-reactive ketones (excluding diaryl/α,β-unsaturated/α-hetero) is 1. The van der Waals surface area contributed by atoms with Crippen molar-refractivity contribution in [2.75, 3.05) is 13.1 Å². The van der Waals surface area contributed by atoms with E-state index in [4.69, 9.17) is 5.26 Å². The van der Waals surface area contributed by atoms with Crippen molar-refractivity contribution in [2.45, 2.75) is 89.9 Å². The second kappa shape index (κ2) is 13.7. The molecule has 4 nitrogen and oxygen atoms in total. The van der Waals surface area contributed by atoms with Crippen LogP contribution >= 0.6 is 0 Å². The summed E-state index contributed by atoms with van der Waals surface area (Å²) >= 11 is 0. The van der Waals surface area contributed by atoms with Gasteiger partial charge in [0.25, 0.3) is 0 Å². The molecule has 222 valence electrons. The zero-order valence-electron chi connectivity index (χ0n) is 25.7. The van der Waals surface area contributed by atoms with Crippen LogP contribution in [0.25, 0.3) is 5.57 Å². The SMILES string of the molecule is CCCC1=CC[C@H](c2ccc(C3=CCC4=CN=CC=C(N5CC/C=C(\C(=O)CC6CC(C#N)C6)CCC5)C4=C3)cc2)CC1. The highest BCUT2D eigenvalue weighted by Crippen LogP contribution is 2.39. The van der Waals surface area contributed by atoms with E-state index in [1.165, 1.54) is 65.6 Å². The van der Waals surface area contributed by atoms with Gasteiger partial charge in [0.05, 0.1) is 6.07 Å². The quantitative estimate of drug-likeness (QED) is 0.292. The fraction of sp³-hybridized carbons (Fsp3) is 0.462. The fourth-order valence-corrected chi connectivity index (χ4v) is 7.46. The first-order chi connectivity index (χ1) is 21.1. The lowest BCUT2D eigenvalue weighted by molar-refractivity contribution is -0.117. The Kier molecular flexibility index (Phi) is 9.37. The maximum absolute atomic E-state index is 13.0. The van der Waals surface area contributed by atoms with Crippen LogP contribution in [0, 0.1) is 23.2 Å². The summed E-state index contributed by atoms with van der Waals surface area (Å²) in [5, 5.41) is 9.05. The number of rotatable bonds is 8. The number of benzene rings is 1. The molecule has 2 aliphatic heterocycles. The Morgan fingerprint density at radius 3 is 2.72 bits per heavy atom. The number of nitriles is 1. The molecule has 2 heterocycles. The molecular formula is C39H45N3O. The minimum Gasteiger partial charge on any atom is -0.371 e.